The predicted molar refractivity (Wildman–Crippen MR) is 104 cm³/mol. The number of hydrogen-bond acceptors (Lipinski definition) is 6. The molecule has 1 heterocycles. The van der Waals surface area contributed by atoms with Crippen LogP contribution < -0.4 is 10.1 Å². The molecule has 1 aromatic heterocycles. The van der Waals surface area contributed by atoms with Gasteiger partial charge in [0, 0.05) is 18.5 Å². The zero-order chi connectivity index (χ0) is 22.3. The van der Waals surface area contributed by atoms with Crippen LogP contribution in [0.2, 0.25) is 0 Å². The second kappa shape index (κ2) is 10.0. The molecule has 0 aliphatic carbocycles. The molecule has 11 heteroatoms. The van der Waals surface area contributed by atoms with Gasteiger partial charge in [-0.3, -0.25) is 4.79 Å². The lowest BCUT2D eigenvalue weighted by molar-refractivity contribution is -0.274. The number of aliphatic hydroxyl groups excluding tert-OH is 1. The largest absolute Gasteiger partial charge is 0.573 e. The summed E-state index contributed by atoms with van der Waals surface area (Å²) in [6.45, 7) is 0.328. The molecule has 0 aliphatic heterocycles. The number of amides is 1. The minimum atomic E-state index is -4.78. The molecule has 1 atom stereocenters. The molecule has 1 amide bonds. The third kappa shape index (κ3) is 7.07. The van der Waals surface area contributed by atoms with E-state index in [1.165, 1.54) is 16.9 Å². The summed E-state index contributed by atoms with van der Waals surface area (Å²) in [4.78, 5) is 13.4. The van der Waals surface area contributed by atoms with Gasteiger partial charge in [-0.05, 0) is 29.3 Å². The van der Waals surface area contributed by atoms with Crippen molar-refractivity contribution in [3.8, 4) is 17.1 Å². The quantitative estimate of drug-likeness (QED) is 0.536. The summed E-state index contributed by atoms with van der Waals surface area (Å²) in [5.41, 5.74) is 1.20. The van der Waals surface area contributed by atoms with Crippen LogP contribution in [0.4, 0.5) is 13.2 Å². The van der Waals surface area contributed by atoms with E-state index in [-0.39, 0.29) is 24.6 Å². The van der Waals surface area contributed by atoms with Gasteiger partial charge < -0.3 is 15.2 Å². The number of aromatic nitrogens is 4. The Balaban J connectivity index is 1.39. The van der Waals surface area contributed by atoms with Gasteiger partial charge in [0.2, 0.25) is 11.7 Å². The summed E-state index contributed by atoms with van der Waals surface area (Å²) in [6.07, 6.45) is -5.18. The first-order chi connectivity index (χ1) is 14.8. The van der Waals surface area contributed by atoms with Crippen molar-refractivity contribution in [2.45, 2.75) is 31.9 Å². The van der Waals surface area contributed by atoms with Gasteiger partial charge >= 0.3 is 6.36 Å². The number of nitrogens with zero attached hydrogens (tertiary/aromatic N) is 4. The summed E-state index contributed by atoms with van der Waals surface area (Å²) in [5, 5.41) is 24.9. The highest BCUT2D eigenvalue weighted by Crippen LogP contribution is 2.24. The first-order valence-electron chi connectivity index (χ1n) is 9.44. The monoisotopic (exact) mass is 435 g/mol. The van der Waals surface area contributed by atoms with Crippen LogP contribution in [0.1, 0.15) is 24.5 Å². The van der Waals surface area contributed by atoms with Gasteiger partial charge in [0.15, 0.2) is 0 Å². The van der Waals surface area contributed by atoms with E-state index in [2.05, 4.69) is 25.5 Å². The van der Waals surface area contributed by atoms with Gasteiger partial charge in [0.05, 0.1) is 12.6 Å². The molecule has 164 valence electrons. The zero-order valence-corrected chi connectivity index (χ0v) is 16.3. The number of tetrazole rings is 1. The van der Waals surface area contributed by atoms with Crippen LogP contribution in [0.3, 0.4) is 0 Å². The van der Waals surface area contributed by atoms with E-state index in [0.717, 1.165) is 17.7 Å². The lowest BCUT2D eigenvalue weighted by Crippen LogP contribution is -2.28. The Bertz CT molecular complexity index is 978. The molecule has 0 saturated carbocycles. The Morgan fingerprint density at radius 3 is 2.52 bits per heavy atom. The Labute approximate surface area is 175 Å². The second-order valence-corrected chi connectivity index (χ2v) is 6.62. The highest BCUT2D eigenvalue weighted by atomic mass is 19.4. The molecule has 1 unspecified atom stereocenters. The Kier molecular flexibility index (Phi) is 7.19. The summed E-state index contributed by atoms with van der Waals surface area (Å²) in [5.74, 6) is -0.163. The molecule has 0 radical (unpaired) electrons. The topological polar surface area (TPSA) is 102 Å². The summed E-state index contributed by atoms with van der Waals surface area (Å²) < 4.78 is 40.3. The molecule has 3 rings (SSSR count). The van der Waals surface area contributed by atoms with Crippen molar-refractivity contribution in [2.24, 2.45) is 0 Å². The number of ether oxygens (including phenoxy) is 1. The number of halogens is 3. The van der Waals surface area contributed by atoms with Crippen molar-refractivity contribution >= 4 is 5.91 Å². The first kappa shape index (κ1) is 22.2. The molecular weight excluding hydrogens is 415 g/mol. The van der Waals surface area contributed by atoms with Crippen molar-refractivity contribution < 1.29 is 27.8 Å². The lowest BCUT2D eigenvalue weighted by Gasteiger charge is -2.14. The molecule has 8 nitrogen and oxygen atoms in total. The fourth-order valence-electron chi connectivity index (χ4n) is 2.73. The van der Waals surface area contributed by atoms with Crippen molar-refractivity contribution in [3.05, 3.63) is 60.2 Å². The number of carbonyl (C=O) groups excluding carboxylic acids is 1. The van der Waals surface area contributed by atoms with Crippen molar-refractivity contribution in [3.63, 3.8) is 0 Å². The summed E-state index contributed by atoms with van der Waals surface area (Å²) in [6, 6.07) is 14.2. The number of aliphatic hydroxyl groups is 1. The predicted octanol–water partition coefficient (Wildman–Crippen LogP) is 2.87. The maximum absolute atomic E-state index is 12.2. The highest BCUT2D eigenvalue weighted by Gasteiger charge is 2.31. The van der Waals surface area contributed by atoms with Gasteiger partial charge in [-0.2, -0.15) is 4.80 Å². The van der Waals surface area contributed by atoms with Gasteiger partial charge in [-0.25, -0.2) is 0 Å². The fourth-order valence-corrected chi connectivity index (χ4v) is 2.73. The zero-order valence-electron chi connectivity index (χ0n) is 16.3. The number of aryl methyl sites for hydroxylation is 1. The van der Waals surface area contributed by atoms with Crippen LogP contribution in [0.15, 0.2) is 54.6 Å². The number of rotatable bonds is 9. The molecule has 0 bridgehead atoms. The minimum absolute atomic E-state index is 0.0714. The summed E-state index contributed by atoms with van der Waals surface area (Å²) in [7, 11) is 0. The van der Waals surface area contributed by atoms with Crippen molar-refractivity contribution in [1.82, 2.24) is 25.5 Å². The molecule has 2 N–H and O–H groups in total. The first-order valence-corrected chi connectivity index (χ1v) is 9.44. The number of carbonyl (C=O) groups is 1. The third-order valence-electron chi connectivity index (χ3n) is 4.24. The van der Waals surface area contributed by atoms with Gasteiger partial charge in [-0.1, -0.05) is 42.5 Å². The molecule has 2 aromatic carbocycles. The SMILES string of the molecule is O=C(CCCn1nnc(-c2ccccc2)n1)NCC(O)c1ccc(OC(F)(F)F)cc1. The second-order valence-electron chi connectivity index (χ2n) is 6.62. The van der Waals surface area contributed by atoms with Crippen molar-refractivity contribution in [1.29, 1.82) is 0 Å². The Morgan fingerprint density at radius 2 is 1.84 bits per heavy atom. The van der Waals surface area contributed by atoms with E-state index in [4.69, 9.17) is 0 Å². The van der Waals surface area contributed by atoms with Crippen molar-refractivity contribution in [2.75, 3.05) is 6.54 Å². The normalized spacial score (nSPS) is 12.4. The third-order valence-corrected chi connectivity index (χ3v) is 4.24. The van der Waals surface area contributed by atoms with E-state index in [1.54, 1.807) is 0 Å². The van der Waals surface area contributed by atoms with E-state index in [1.807, 2.05) is 30.3 Å². The maximum Gasteiger partial charge on any atom is 0.573 e. The van der Waals surface area contributed by atoms with E-state index in [9.17, 15) is 23.1 Å². The highest BCUT2D eigenvalue weighted by molar-refractivity contribution is 5.75. The minimum Gasteiger partial charge on any atom is -0.406 e. The smallest absolute Gasteiger partial charge is 0.406 e. The van der Waals surface area contributed by atoms with E-state index in [0.29, 0.717) is 24.4 Å². The molecule has 0 saturated heterocycles. The van der Waals surface area contributed by atoms with Crippen LogP contribution in [0.5, 0.6) is 5.75 Å². The average molecular weight is 435 g/mol. The molecular formula is C20H20F3N5O3. The lowest BCUT2D eigenvalue weighted by atomic mass is 10.1. The molecule has 0 spiro atoms. The van der Waals surface area contributed by atoms with E-state index < -0.39 is 12.5 Å². The molecule has 31 heavy (non-hydrogen) atoms. The number of nitrogens with one attached hydrogen (secondary N) is 1. The molecule has 0 aliphatic rings. The Hall–Kier alpha value is -3.47. The number of hydrogen-bond donors (Lipinski definition) is 2. The van der Waals surface area contributed by atoms with E-state index >= 15 is 0 Å². The molecule has 3 aromatic rings. The van der Waals surface area contributed by atoms with Crippen LogP contribution in [0, 0.1) is 0 Å². The molecule has 0 fully saturated rings. The van der Waals surface area contributed by atoms with Crippen LogP contribution in [-0.2, 0) is 11.3 Å². The maximum atomic E-state index is 12.2. The fraction of sp³-hybridized carbons (Fsp3) is 0.300. The van der Waals surface area contributed by atoms with Crippen LogP contribution in [0.25, 0.3) is 11.4 Å². The van der Waals surface area contributed by atoms with Gasteiger partial charge in [-0.15, -0.1) is 23.4 Å². The van der Waals surface area contributed by atoms with Gasteiger partial charge in [0.1, 0.15) is 5.75 Å². The number of alkyl halides is 3. The average Bonchev–Trinajstić information content (AvgIpc) is 3.21. The standard InChI is InChI=1S/C20H20F3N5O3/c21-20(22,23)31-16-10-8-14(9-11-16)17(29)13-24-18(30)7-4-12-28-26-19(25-27-28)15-5-2-1-3-6-15/h1-3,5-6,8-11,17,29H,4,7,12-13H2,(H,24,30). The van der Waals surface area contributed by atoms with Crippen LogP contribution in [-0.4, -0.2) is 44.1 Å². The Morgan fingerprint density at radius 1 is 1.13 bits per heavy atom. The summed E-state index contributed by atoms with van der Waals surface area (Å²) >= 11 is 0. The van der Waals surface area contributed by atoms with Gasteiger partial charge in [0.25, 0.3) is 0 Å². The van der Waals surface area contributed by atoms with Crippen LogP contribution >= 0.6 is 0 Å². The number of benzene rings is 2.